The van der Waals surface area contributed by atoms with Crippen LogP contribution in [0.4, 0.5) is 5.69 Å². The maximum absolute atomic E-state index is 12.0. The van der Waals surface area contributed by atoms with Crippen LogP contribution in [0.5, 0.6) is 5.75 Å². The van der Waals surface area contributed by atoms with E-state index in [2.05, 4.69) is 12.2 Å². The Morgan fingerprint density at radius 3 is 2.62 bits per heavy atom. The van der Waals surface area contributed by atoms with Crippen molar-refractivity contribution in [3.63, 3.8) is 0 Å². The minimum absolute atomic E-state index is 0.0712. The summed E-state index contributed by atoms with van der Waals surface area (Å²) in [6, 6.07) is 7.29. The zero-order valence-corrected chi connectivity index (χ0v) is 13.8. The van der Waals surface area contributed by atoms with Gasteiger partial charge in [0.15, 0.2) is 0 Å². The number of anilines is 1. The maximum Gasteiger partial charge on any atom is 0.225 e. The average molecular weight is 292 g/mol. The average Bonchev–Trinajstić information content (AvgIpc) is 2.37. The summed E-state index contributed by atoms with van der Waals surface area (Å²) < 4.78 is 5.75. The molecule has 0 saturated carbocycles. The van der Waals surface area contributed by atoms with Crippen molar-refractivity contribution in [2.75, 3.05) is 5.32 Å². The highest BCUT2D eigenvalue weighted by Gasteiger charge is 2.23. The van der Waals surface area contributed by atoms with Gasteiger partial charge in [-0.25, -0.2) is 0 Å². The minimum atomic E-state index is -0.169. The Balaban J connectivity index is 2.62. The third-order valence-corrected chi connectivity index (χ3v) is 3.55. The number of hydrogen-bond donors (Lipinski definition) is 2. The van der Waals surface area contributed by atoms with Gasteiger partial charge in [0.05, 0.1) is 6.10 Å². The molecule has 0 bridgehead atoms. The SMILES string of the molecule is CCC(C)Oc1cccc(NC(=O)CC(N)C(C)(C)C)c1. The molecule has 2 atom stereocenters. The molecular formula is C17H28N2O2. The van der Waals surface area contributed by atoms with Crippen LogP contribution < -0.4 is 15.8 Å². The molecule has 4 heteroatoms. The third-order valence-electron chi connectivity index (χ3n) is 3.55. The number of nitrogens with one attached hydrogen (secondary N) is 1. The number of ether oxygens (including phenoxy) is 1. The van der Waals surface area contributed by atoms with Crippen LogP contribution in [0, 0.1) is 5.41 Å². The minimum Gasteiger partial charge on any atom is -0.491 e. The van der Waals surface area contributed by atoms with Crippen LogP contribution >= 0.6 is 0 Å². The van der Waals surface area contributed by atoms with Gasteiger partial charge in [0.2, 0.25) is 5.91 Å². The number of carbonyl (C=O) groups is 1. The molecule has 1 rings (SSSR count). The van der Waals surface area contributed by atoms with Crippen LogP contribution in [-0.2, 0) is 4.79 Å². The molecular weight excluding hydrogens is 264 g/mol. The van der Waals surface area contributed by atoms with Gasteiger partial charge in [-0.05, 0) is 30.9 Å². The summed E-state index contributed by atoms with van der Waals surface area (Å²) in [6.45, 7) is 10.2. The Hall–Kier alpha value is -1.55. The Morgan fingerprint density at radius 2 is 2.05 bits per heavy atom. The molecule has 0 fully saturated rings. The van der Waals surface area contributed by atoms with Crippen LogP contribution in [0.25, 0.3) is 0 Å². The lowest BCUT2D eigenvalue weighted by Crippen LogP contribution is -2.38. The van der Waals surface area contributed by atoms with Crippen LogP contribution in [-0.4, -0.2) is 18.1 Å². The largest absolute Gasteiger partial charge is 0.491 e. The van der Waals surface area contributed by atoms with Gasteiger partial charge in [0.25, 0.3) is 0 Å². The highest BCUT2D eigenvalue weighted by Crippen LogP contribution is 2.22. The predicted octanol–water partition coefficient (Wildman–Crippen LogP) is 3.57. The fourth-order valence-corrected chi connectivity index (χ4v) is 1.68. The normalized spacial score (nSPS) is 14.4. The Bertz CT molecular complexity index is 466. The van der Waals surface area contributed by atoms with Gasteiger partial charge in [-0.1, -0.05) is 33.8 Å². The van der Waals surface area contributed by atoms with Crippen molar-refractivity contribution in [2.45, 2.75) is 59.6 Å². The maximum atomic E-state index is 12.0. The van der Waals surface area contributed by atoms with Gasteiger partial charge in [0.1, 0.15) is 5.75 Å². The molecule has 21 heavy (non-hydrogen) atoms. The Morgan fingerprint density at radius 1 is 1.38 bits per heavy atom. The van der Waals surface area contributed by atoms with E-state index >= 15 is 0 Å². The first-order valence-corrected chi connectivity index (χ1v) is 7.54. The molecule has 0 heterocycles. The van der Waals surface area contributed by atoms with E-state index in [-0.39, 0.29) is 23.5 Å². The fourth-order valence-electron chi connectivity index (χ4n) is 1.68. The predicted molar refractivity (Wildman–Crippen MR) is 87.5 cm³/mol. The van der Waals surface area contributed by atoms with E-state index < -0.39 is 0 Å². The molecule has 118 valence electrons. The van der Waals surface area contributed by atoms with Crippen molar-refractivity contribution >= 4 is 11.6 Å². The van der Waals surface area contributed by atoms with Gasteiger partial charge >= 0.3 is 0 Å². The standard InChI is InChI=1S/C17H28N2O2/c1-6-12(2)21-14-9-7-8-13(10-14)19-16(20)11-15(18)17(3,4)5/h7-10,12,15H,6,11,18H2,1-5H3,(H,19,20). The second kappa shape index (κ2) is 7.46. The van der Waals surface area contributed by atoms with Gasteiger partial charge < -0.3 is 15.8 Å². The summed E-state index contributed by atoms with van der Waals surface area (Å²) in [7, 11) is 0. The van der Waals surface area contributed by atoms with Gasteiger partial charge in [-0.2, -0.15) is 0 Å². The van der Waals surface area contributed by atoms with Crippen LogP contribution in [0.1, 0.15) is 47.5 Å². The number of rotatable bonds is 6. The highest BCUT2D eigenvalue weighted by molar-refractivity contribution is 5.91. The van der Waals surface area contributed by atoms with Gasteiger partial charge in [-0.15, -0.1) is 0 Å². The van der Waals surface area contributed by atoms with E-state index in [0.29, 0.717) is 6.42 Å². The number of hydrogen-bond acceptors (Lipinski definition) is 3. The summed E-state index contributed by atoms with van der Waals surface area (Å²) in [6.07, 6.45) is 1.40. The second-order valence-electron chi connectivity index (χ2n) is 6.59. The van der Waals surface area contributed by atoms with Crippen molar-refractivity contribution in [3.8, 4) is 5.75 Å². The van der Waals surface area contributed by atoms with Crippen LogP contribution in [0.3, 0.4) is 0 Å². The summed E-state index contributed by atoms with van der Waals surface area (Å²) >= 11 is 0. The van der Waals surface area contributed by atoms with Crippen molar-refractivity contribution in [3.05, 3.63) is 24.3 Å². The van der Waals surface area contributed by atoms with Crippen LogP contribution in [0.2, 0.25) is 0 Å². The van der Waals surface area contributed by atoms with E-state index in [1.807, 2.05) is 52.0 Å². The van der Waals surface area contributed by atoms with E-state index in [0.717, 1.165) is 17.9 Å². The summed E-state index contributed by atoms with van der Waals surface area (Å²) in [5.74, 6) is 0.695. The number of benzene rings is 1. The quantitative estimate of drug-likeness (QED) is 0.842. The first kappa shape index (κ1) is 17.5. The summed E-state index contributed by atoms with van der Waals surface area (Å²) in [4.78, 5) is 12.0. The van der Waals surface area contributed by atoms with E-state index in [1.165, 1.54) is 0 Å². The van der Waals surface area contributed by atoms with Crippen molar-refractivity contribution in [1.29, 1.82) is 0 Å². The van der Waals surface area contributed by atoms with Gasteiger partial charge in [-0.3, -0.25) is 4.79 Å². The molecule has 1 amide bonds. The summed E-state index contributed by atoms with van der Waals surface area (Å²) in [5, 5.41) is 2.88. The molecule has 0 spiro atoms. The topological polar surface area (TPSA) is 64.3 Å². The zero-order chi connectivity index (χ0) is 16.0. The van der Waals surface area contributed by atoms with E-state index in [4.69, 9.17) is 10.5 Å². The molecule has 3 N–H and O–H groups in total. The monoisotopic (exact) mass is 292 g/mol. The molecule has 1 aromatic rings. The van der Waals surface area contributed by atoms with Crippen LogP contribution in [0.15, 0.2) is 24.3 Å². The van der Waals surface area contributed by atoms with E-state index in [1.54, 1.807) is 0 Å². The first-order valence-electron chi connectivity index (χ1n) is 7.54. The molecule has 0 radical (unpaired) electrons. The summed E-state index contributed by atoms with van der Waals surface area (Å²) in [5.41, 5.74) is 6.69. The lowest BCUT2D eigenvalue weighted by Gasteiger charge is -2.26. The van der Waals surface area contributed by atoms with Crippen molar-refractivity contribution < 1.29 is 9.53 Å². The number of nitrogens with two attached hydrogens (primary N) is 1. The smallest absolute Gasteiger partial charge is 0.225 e. The lowest BCUT2D eigenvalue weighted by molar-refractivity contribution is -0.117. The zero-order valence-electron chi connectivity index (χ0n) is 13.8. The van der Waals surface area contributed by atoms with Crippen molar-refractivity contribution in [2.24, 2.45) is 11.1 Å². The molecule has 0 aliphatic carbocycles. The molecule has 1 aromatic carbocycles. The molecule has 4 nitrogen and oxygen atoms in total. The number of carbonyl (C=O) groups excluding carboxylic acids is 1. The third kappa shape index (κ3) is 6.17. The van der Waals surface area contributed by atoms with E-state index in [9.17, 15) is 4.79 Å². The van der Waals surface area contributed by atoms with Gasteiger partial charge in [0, 0.05) is 24.2 Å². The second-order valence-corrected chi connectivity index (χ2v) is 6.59. The first-order chi connectivity index (χ1) is 9.72. The lowest BCUT2D eigenvalue weighted by atomic mass is 9.85. The Kier molecular flexibility index (Phi) is 6.21. The van der Waals surface area contributed by atoms with Crippen molar-refractivity contribution in [1.82, 2.24) is 0 Å². The molecule has 0 aliphatic rings. The Labute approximate surface area is 128 Å². The molecule has 0 aliphatic heterocycles. The molecule has 0 aromatic heterocycles. The highest BCUT2D eigenvalue weighted by atomic mass is 16.5. The fraction of sp³-hybridized carbons (Fsp3) is 0.588. The molecule has 0 saturated heterocycles. The molecule has 2 unspecified atom stereocenters. The number of amides is 1.